The summed E-state index contributed by atoms with van der Waals surface area (Å²) in [4.78, 5) is 14.5. The van der Waals surface area contributed by atoms with Crippen LogP contribution in [0.2, 0.25) is 0 Å². The monoisotopic (exact) mass is 284 g/mol. The third-order valence-corrected chi connectivity index (χ3v) is 4.45. The molecule has 3 atom stereocenters. The average Bonchev–Trinajstić information content (AvgIpc) is 2.80. The summed E-state index contributed by atoms with van der Waals surface area (Å²) in [7, 11) is 1.46. The number of methoxy groups -OCH3 is 1. The van der Waals surface area contributed by atoms with E-state index < -0.39 is 5.54 Å². The molecule has 5 heteroatoms. The summed E-state index contributed by atoms with van der Waals surface area (Å²) in [5, 5.41) is 3.34. The highest BCUT2D eigenvalue weighted by atomic mass is 16.5. The van der Waals surface area contributed by atoms with E-state index >= 15 is 0 Å². The molecule has 2 fully saturated rings. The molecule has 20 heavy (non-hydrogen) atoms. The molecule has 0 aromatic rings. The van der Waals surface area contributed by atoms with Crippen molar-refractivity contribution in [2.75, 3.05) is 33.3 Å². The van der Waals surface area contributed by atoms with Crippen molar-refractivity contribution in [1.29, 1.82) is 0 Å². The van der Waals surface area contributed by atoms with Crippen LogP contribution in [0.1, 0.15) is 39.5 Å². The molecular weight excluding hydrogens is 256 g/mol. The largest absolute Gasteiger partial charge is 0.468 e. The quantitative estimate of drug-likeness (QED) is 0.711. The normalized spacial score (nSPS) is 29.1. The minimum atomic E-state index is -0.581. The van der Waals surface area contributed by atoms with Gasteiger partial charge in [0.2, 0.25) is 0 Å². The molecule has 5 nitrogen and oxygen atoms in total. The Morgan fingerprint density at radius 2 is 2.05 bits per heavy atom. The summed E-state index contributed by atoms with van der Waals surface area (Å²) in [5.74, 6) is -0.165. The lowest BCUT2D eigenvalue weighted by Crippen LogP contribution is -2.53. The van der Waals surface area contributed by atoms with Gasteiger partial charge in [-0.3, -0.25) is 9.69 Å². The summed E-state index contributed by atoms with van der Waals surface area (Å²) in [6.45, 7) is 7.80. The molecule has 2 aliphatic heterocycles. The molecule has 2 saturated heterocycles. The Morgan fingerprint density at radius 1 is 1.40 bits per heavy atom. The standard InChI is InChI=1S/C15H28N2O3/c1-4-8-16-15(2,14(18)19-3)7-9-17-10-12-5-6-13(11-17)20-12/h12-13,16H,4-11H2,1-3H3. The molecule has 1 N–H and O–H groups in total. The second kappa shape index (κ2) is 6.87. The summed E-state index contributed by atoms with van der Waals surface area (Å²) in [5.41, 5.74) is -0.581. The van der Waals surface area contributed by atoms with Gasteiger partial charge in [-0.1, -0.05) is 6.92 Å². The zero-order valence-corrected chi connectivity index (χ0v) is 13.0. The molecule has 0 aliphatic carbocycles. The number of likely N-dealkylation sites (tertiary alicyclic amines) is 1. The minimum absolute atomic E-state index is 0.165. The SMILES string of the molecule is CCCNC(C)(CCN1CC2CCC(C1)O2)C(=O)OC. The van der Waals surface area contributed by atoms with E-state index in [2.05, 4.69) is 17.1 Å². The first-order valence-electron chi connectivity index (χ1n) is 7.78. The Kier molecular flexibility index (Phi) is 5.41. The third kappa shape index (κ3) is 3.71. The Labute approximate surface area is 122 Å². The highest BCUT2D eigenvalue weighted by molar-refractivity contribution is 5.80. The summed E-state index contributed by atoms with van der Waals surface area (Å²) in [6, 6.07) is 0. The molecule has 116 valence electrons. The van der Waals surface area contributed by atoms with Crippen LogP contribution in [0.3, 0.4) is 0 Å². The van der Waals surface area contributed by atoms with Gasteiger partial charge in [0.15, 0.2) is 0 Å². The van der Waals surface area contributed by atoms with E-state index in [0.29, 0.717) is 12.2 Å². The third-order valence-electron chi connectivity index (χ3n) is 4.45. The fourth-order valence-corrected chi connectivity index (χ4v) is 3.15. The molecule has 2 bridgehead atoms. The van der Waals surface area contributed by atoms with Gasteiger partial charge in [-0.15, -0.1) is 0 Å². The number of carbonyl (C=O) groups is 1. The van der Waals surface area contributed by atoms with Gasteiger partial charge in [0.05, 0.1) is 19.3 Å². The molecule has 0 spiro atoms. The van der Waals surface area contributed by atoms with Crippen molar-refractivity contribution in [1.82, 2.24) is 10.2 Å². The van der Waals surface area contributed by atoms with Crippen LogP contribution in [0.5, 0.6) is 0 Å². The summed E-state index contributed by atoms with van der Waals surface area (Å²) in [6.07, 6.45) is 4.96. The predicted octanol–water partition coefficient (Wildman–Crippen LogP) is 1.17. The van der Waals surface area contributed by atoms with E-state index in [0.717, 1.165) is 39.0 Å². The van der Waals surface area contributed by atoms with Crippen molar-refractivity contribution in [2.45, 2.75) is 57.3 Å². The summed E-state index contributed by atoms with van der Waals surface area (Å²) < 4.78 is 10.8. The van der Waals surface area contributed by atoms with Crippen LogP contribution in [0.15, 0.2) is 0 Å². The molecule has 2 aliphatic rings. The van der Waals surface area contributed by atoms with E-state index in [-0.39, 0.29) is 5.97 Å². The number of morpholine rings is 1. The zero-order chi connectivity index (χ0) is 14.6. The lowest BCUT2D eigenvalue weighted by Gasteiger charge is -2.35. The maximum absolute atomic E-state index is 12.0. The van der Waals surface area contributed by atoms with Crippen LogP contribution >= 0.6 is 0 Å². The molecule has 0 aromatic carbocycles. The zero-order valence-electron chi connectivity index (χ0n) is 13.0. The van der Waals surface area contributed by atoms with Crippen molar-refractivity contribution in [3.05, 3.63) is 0 Å². The number of fused-ring (bicyclic) bond motifs is 2. The Bertz CT molecular complexity index is 325. The predicted molar refractivity (Wildman–Crippen MR) is 77.7 cm³/mol. The van der Waals surface area contributed by atoms with E-state index in [9.17, 15) is 4.79 Å². The fourth-order valence-electron chi connectivity index (χ4n) is 3.15. The number of esters is 1. The average molecular weight is 284 g/mol. The maximum Gasteiger partial charge on any atom is 0.325 e. The topological polar surface area (TPSA) is 50.8 Å². The first kappa shape index (κ1) is 15.7. The molecule has 2 heterocycles. The van der Waals surface area contributed by atoms with Gasteiger partial charge in [0, 0.05) is 19.6 Å². The molecule has 3 unspecified atom stereocenters. The van der Waals surface area contributed by atoms with Crippen LogP contribution in [0.4, 0.5) is 0 Å². The number of nitrogens with zero attached hydrogens (tertiary/aromatic N) is 1. The molecule has 0 amide bonds. The second-order valence-electron chi connectivity index (χ2n) is 6.22. The molecular formula is C15H28N2O3. The minimum Gasteiger partial charge on any atom is -0.468 e. The van der Waals surface area contributed by atoms with Gasteiger partial charge in [0.1, 0.15) is 5.54 Å². The van der Waals surface area contributed by atoms with Gasteiger partial charge < -0.3 is 14.8 Å². The maximum atomic E-state index is 12.0. The lowest BCUT2D eigenvalue weighted by molar-refractivity contribution is -0.148. The Hall–Kier alpha value is -0.650. The molecule has 0 aromatic heterocycles. The van der Waals surface area contributed by atoms with Crippen molar-refractivity contribution in [3.63, 3.8) is 0 Å². The van der Waals surface area contributed by atoms with Crippen LogP contribution in [0.25, 0.3) is 0 Å². The van der Waals surface area contributed by atoms with Crippen molar-refractivity contribution >= 4 is 5.97 Å². The molecule has 0 saturated carbocycles. The van der Waals surface area contributed by atoms with Crippen LogP contribution in [-0.2, 0) is 14.3 Å². The Balaban J connectivity index is 1.86. The first-order chi connectivity index (χ1) is 9.57. The summed E-state index contributed by atoms with van der Waals surface area (Å²) >= 11 is 0. The number of nitrogens with one attached hydrogen (secondary N) is 1. The molecule has 0 radical (unpaired) electrons. The number of rotatable bonds is 7. The highest BCUT2D eigenvalue weighted by Gasteiger charge is 2.37. The van der Waals surface area contributed by atoms with E-state index in [1.165, 1.54) is 20.0 Å². The first-order valence-corrected chi connectivity index (χ1v) is 7.78. The van der Waals surface area contributed by atoms with Crippen LogP contribution in [0, 0.1) is 0 Å². The Morgan fingerprint density at radius 3 is 2.60 bits per heavy atom. The lowest BCUT2D eigenvalue weighted by atomic mass is 9.97. The number of hydrogen-bond acceptors (Lipinski definition) is 5. The van der Waals surface area contributed by atoms with E-state index in [4.69, 9.17) is 9.47 Å². The second-order valence-corrected chi connectivity index (χ2v) is 6.22. The van der Waals surface area contributed by atoms with Gasteiger partial charge in [-0.25, -0.2) is 0 Å². The fraction of sp³-hybridized carbons (Fsp3) is 0.933. The smallest absolute Gasteiger partial charge is 0.325 e. The van der Waals surface area contributed by atoms with Crippen LogP contribution in [-0.4, -0.2) is 61.9 Å². The van der Waals surface area contributed by atoms with E-state index in [1.54, 1.807) is 0 Å². The van der Waals surface area contributed by atoms with Crippen molar-refractivity contribution in [2.24, 2.45) is 0 Å². The number of hydrogen-bond donors (Lipinski definition) is 1. The van der Waals surface area contributed by atoms with E-state index in [1.807, 2.05) is 6.92 Å². The number of carbonyl (C=O) groups excluding carboxylic acids is 1. The van der Waals surface area contributed by atoms with Gasteiger partial charge in [-0.2, -0.15) is 0 Å². The van der Waals surface area contributed by atoms with Crippen molar-refractivity contribution in [3.8, 4) is 0 Å². The number of ether oxygens (including phenoxy) is 2. The van der Waals surface area contributed by atoms with Crippen LogP contribution < -0.4 is 5.32 Å². The van der Waals surface area contributed by atoms with Gasteiger partial charge in [0.25, 0.3) is 0 Å². The highest BCUT2D eigenvalue weighted by Crippen LogP contribution is 2.26. The van der Waals surface area contributed by atoms with Gasteiger partial charge in [-0.05, 0) is 39.2 Å². The molecule has 2 rings (SSSR count). The van der Waals surface area contributed by atoms with Crippen molar-refractivity contribution < 1.29 is 14.3 Å². The van der Waals surface area contributed by atoms with Gasteiger partial charge >= 0.3 is 5.97 Å².